The van der Waals surface area contributed by atoms with Crippen LogP contribution in [0.15, 0.2) is 54.6 Å². The quantitative estimate of drug-likeness (QED) is 0.807. The smallest absolute Gasteiger partial charge is 0.120 e. The average molecular weight is 283 g/mol. The molecular weight excluding hydrogens is 258 g/mol. The standard InChI is InChI=1S/C19H25NO/c1-4-18(21-17-13-9-10-15(3)14-17)19(20-5-2)16-11-7-6-8-12-16/h6-14,18-20H,4-5H2,1-3H3. The zero-order chi connectivity index (χ0) is 15.1. The predicted octanol–water partition coefficient (Wildman–Crippen LogP) is 4.50. The summed E-state index contributed by atoms with van der Waals surface area (Å²) in [4.78, 5) is 0. The maximum absolute atomic E-state index is 6.25. The van der Waals surface area contributed by atoms with Gasteiger partial charge in [0.05, 0.1) is 6.04 Å². The molecule has 21 heavy (non-hydrogen) atoms. The van der Waals surface area contributed by atoms with Gasteiger partial charge in [0.15, 0.2) is 0 Å². The Labute approximate surface area is 128 Å². The Balaban J connectivity index is 2.20. The van der Waals surface area contributed by atoms with E-state index in [1.807, 2.05) is 12.1 Å². The van der Waals surface area contributed by atoms with E-state index >= 15 is 0 Å². The molecule has 0 radical (unpaired) electrons. The molecule has 0 saturated heterocycles. The second-order valence-electron chi connectivity index (χ2n) is 5.33. The number of benzene rings is 2. The molecule has 2 rings (SSSR count). The molecule has 2 nitrogen and oxygen atoms in total. The van der Waals surface area contributed by atoms with Gasteiger partial charge < -0.3 is 10.1 Å². The Morgan fingerprint density at radius 1 is 1.00 bits per heavy atom. The summed E-state index contributed by atoms with van der Waals surface area (Å²) in [6.07, 6.45) is 1.08. The fourth-order valence-electron chi connectivity index (χ4n) is 2.59. The van der Waals surface area contributed by atoms with Crippen molar-refractivity contribution in [3.8, 4) is 5.75 Å². The van der Waals surface area contributed by atoms with E-state index in [0.29, 0.717) is 0 Å². The van der Waals surface area contributed by atoms with Gasteiger partial charge in [-0.15, -0.1) is 0 Å². The number of hydrogen-bond acceptors (Lipinski definition) is 2. The minimum atomic E-state index is 0.120. The summed E-state index contributed by atoms with van der Waals surface area (Å²) in [5.74, 6) is 0.945. The van der Waals surface area contributed by atoms with Crippen molar-refractivity contribution in [3.05, 3.63) is 65.7 Å². The van der Waals surface area contributed by atoms with Crippen molar-refractivity contribution >= 4 is 0 Å². The van der Waals surface area contributed by atoms with Crippen molar-refractivity contribution in [1.82, 2.24) is 5.32 Å². The molecular formula is C19H25NO. The highest BCUT2D eigenvalue weighted by molar-refractivity contribution is 5.28. The predicted molar refractivity (Wildman–Crippen MR) is 88.7 cm³/mol. The molecule has 0 aliphatic heterocycles. The molecule has 0 aliphatic rings. The van der Waals surface area contributed by atoms with Crippen LogP contribution in [-0.4, -0.2) is 12.6 Å². The Morgan fingerprint density at radius 2 is 1.76 bits per heavy atom. The molecule has 2 aromatic carbocycles. The van der Waals surface area contributed by atoms with Gasteiger partial charge in [-0.25, -0.2) is 0 Å². The summed E-state index contributed by atoms with van der Waals surface area (Å²) in [5, 5.41) is 3.56. The van der Waals surface area contributed by atoms with Crippen molar-refractivity contribution in [3.63, 3.8) is 0 Å². The zero-order valence-electron chi connectivity index (χ0n) is 13.2. The fourth-order valence-corrected chi connectivity index (χ4v) is 2.59. The summed E-state index contributed by atoms with van der Waals surface area (Å²) < 4.78 is 6.25. The van der Waals surface area contributed by atoms with Crippen LogP contribution in [0, 0.1) is 6.92 Å². The van der Waals surface area contributed by atoms with E-state index in [1.165, 1.54) is 11.1 Å². The molecule has 0 bridgehead atoms. The normalized spacial score (nSPS) is 13.7. The van der Waals surface area contributed by atoms with Crippen LogP contribution in [0.25, 0.3) is 0 Å². The molecule has 0 fully saturated rings. The minimum absolute atomic E-state index is 0.120. The van der Waals surface area contributed by atoms with Crippen molar-refractivity contribution in [2.45, 2.75) is 39.3 Å². The van der Waals surface area contributed by atoms with Gasteiger partial charge in [0.1, 0.15) is 11.9 Å². The highest BCUT2D eigenvalue weighted by Crippen LogP contribution is 2.24. The fraction of sp³-hybridized carbons (Fsp3) is 0.368. The lowest BCUT2D eigenvalue weighted by Gasteiger charge is -2.28. The molecule has 112 valence electrons. The van der Waals surface area contributed by atoms with E-state index < -0.39 is 0 Å². The van der Waals surface area contributed by atoms with Crippen LogP contribution in [0.2, 0.25) is 0 Å². The van der Waals surface area contributed by atoms with Gasteiger partial charge in [0.2, 0.25) is 0 Å². The van der Waals surface area contributed by atoms with Crippen LogP contribution in [0.5, 0.6) is 5.75 Å². The molecule has 0 aliphatic carbocycles. The van der Waals surface area contributed by atoms with Crippen LogP contribution in [0.3, 0.4) is 0 Å². The topological polar surface area (TPSA) is 21.3 Å². The van der Waals surface area contributed by atoms with E-state index in [1.54, 1.807) is 0 Å². The van der Waals surface area contributed by atoms with Crippen molar-refractivity contribution < 1.29 is 4.74 Å². The van der Waals surface area contributed by atoms with Gasteiger partial charge in [0, 0.05) is 0 Å². The van der Waals surface area contributed by atoms with Gasteiger partial charge in [-0.2, -0.15) is 0 Å². The average Bonchev–Trinajstić information content (AvgIpc) is 2.51. The molecule has 0 heterocycles. The number of hydrogen-bond donors (Lipinski definition) is 1. The second-order valence-corrected chi connectivity index (χ2v) is 5.33. The van der Waals surface area contributed by atoms with E-state index in [0.717, 1.165) is 18.7 Å². The number of aryl methyl sites for hydroxylation is 1. The molecule has 2 atom stereocenters. The van der Waals surface area contributed by atoms with Crippen LogP contribution in [-0.2, 0) is 0 Å². The maximum Gasteiger partial charge on any atom is 0.120 e. The second kappa shape index (κ2) is 7.84. The third-order valence-corrected chi connectivity index (χ3v) is 3.63. The summed E-state index contributed by atoms with van der Waals surface area (Å²) in [6.45, 7) is 7.32. The zero-order valence-corrected chi connectivity index (χ0v) is 13.2. The van der Waals surface area contributed by atoms with Crippen molar-refractivity contribution in [1.29, 1.82) is 0 Å². The van der Waals surface area contributed by atoms with Crippen LogP contribution >= 0.6 is 0 Å². The van der Waals surface area contributed by atoms with Crippen LogP contribution in [0.4, 0.5) is 0 Å². The number of likely N-dealkylation sites (N-methyl/N-ethyl adjacent to an activating group) is 1. The molecule has 0 aromatic heterocycles. The Hall–Kier alpha value is -1.80. The summed E-state index contributed by atoms with van der Waals surface area (Å²) >= 11 is 0. The molecule has 2 aromatic rings. The lowest BCUT2D eigenvalue weighted by Crippen LogP contribution is -2.35. The van der Waals surface area contributed by atoms with Gasteiger partial charge in [-0.1, -0.05) is 56.3 Å². The SMILES string of the molecule is CCNC(c1ccccc1)C(CC)Oc1cccc(C)c1. The first-order valence-electron chi connectivity index (χ1n) is 7.76. The van der Waals surface area contributed by atoms with Crippen LogP contribution in [0.1, 0.15) is 37.4 Å². The largest absolute Gasteiger partial charge is 0.488 e. The van der Waals surface area contributed by atoms with E-state index in [4.69, 9.17) is 4.74 Å². The first-order chi connectivity index (χ1) is 10.2. The molecule has 2 heteroatoms. The first kappa shape index (κ1) is 15.6. The van der Waals surface area contributed by atoms with Gasteiger partial charge in [-0.3, -0.25) is 0 Å². The van der Waals surface area contributed by atoms with E-state index in [9.17, 15) is 0 Å². The Morgan fingerprint density at radius 3 is 2.38 bits per heavy atom. The third kappa shape index (κ3) is 4.33. The van der Waals surface area contributed by atoms with E-state index in [-0.39, 0.29) is 12.1 Å². The van der Waals surface area contributed by atoms with Gasteiger partial charge >= 0.3 is 0 Å². The minimum Gasteiger partial charge on any atom is -0.488 e. The number of nitrogens with one attached hydrogen (secondary N) is 1. The lowest BCUT2D eigenvalue weighted by molar-refractivity contribution is 0.149. The number of rotatable bonds is 7. The van der Waals surface area contributed by atoms with E-state index in [2.05, 4.69) is 68.6 Å². The third-order valence-electron chi connectivity index (χ3n) is 3.63. The van der Waals surface area contributed by atoms with Crippen molar-refractivity contribution in [2.75, 3.05) is 6.54 Å². The summed E-state index contributed by atoms with van der Waals surface area (Å²) in [5.41, 5.74) is 2.50. The van der Waals surface area contributed by atoms with Crippen molar-refractivity contribution in [2.24, 2.45) is 0 Å². The number of ether oxygens (including phenoxy) is 1. The maximum atomic E-state index is 6.25. The molecule has 2 unspecified atom stereocenters. The summed E-state index contributed by atoms with van der Waals surface area (Å²) in [7, 11) is 0. The highest BCUT2D eigenvalue weighted by atomic mass is 16.5. The Bertz CT molecular complexity index is 538. The molecule has 0 spiro atoms. The van der Waals surface area contributed by atoms with Gasteiger partial charge in [-0.05, 0) is 43.1 Å². The first-order valence-corrected chi connectivity index (χ1v) is 7.76. The summed E-state index contributed by atoms with van der Waals surface area (Å²) in [6, 6.07) is 19.0. The van der Waals surface area contributed by atoms with Gasteiger partial charge in [0.25, 0.3) is 0 Å². The molecule has 1 N–H and O–H groups in total. The highest BCUT2D eigenvalue weighted by Gasteiger charge is 2.22. The molecule has 0 amide bonds. The Kier molecular flexibility index (Phi) is 5.82. The lowest BCUT2D eigenvalue weighted by atomic mass is 9.99. The molecule has 0 saturated carbocycles. The monoisotopic (exact) mass is 283 g/mol. The van der Waals surface area contributed by atoms with Crippen LogP contribution < -0.4 is 10.1 Å².